The Morgan fingerprint density at radius 1 is 1.07 bits per heavy atom. The molecular formula is C20H24N2O6. The summed E-state index contributed by atoms with van der Waals surface area (Å²) in [6.45, 7) is 5.22. The fourth-order valence-corrected chi connectivity index (χ4v) is 3.05. The van der Waals surface area contributed by atoms with Crippen LogP contribution in [0.5, 0.6) is 11.5 Å². The van der Waals surface area contributed by atoms with E-state index in [4.69, 9.17) is 14.2 Å². The van der Waals surface area contributed by atoms with Gasteiger partial charge in [-0.3, -0.25) is 4.79 Å². The minimum Gasteiger partial charge on any atom is -0.496 e. The van der Waals surface area contributed by atoms with Crippen LogP contribution in [0.2, 0.25) is 0 Å². The molecule has 1 aromatic rings. The number of benzene rings is 1. The second-order valence-electron chi connectivity index (χ2n) is 6.37. The predicted octanol–water partition coefficient (Wildman–Crippen LogP) is 3.59. The van der Waals surface area contributed by atoms with Gasteiger partial charge in [-0.2, -0.15) is 0 Å². The van der Waals surface area contributed by atoms with Gasteiger partial charge in [-0.1, -0.05) is 22.0 Å². The summed E-state index contributed by atoms with van der Waals surface area (Å²) in [6, 6.07) is 1.67. The van der Waals surface area contributed by atoms with Gasteiger partial charge in [0.2, 0.25) is 0 Å². The normalized spacial score (nSPS) is 16.5. The van der Waals surface area contributed by atoms with Gasteiger partial charge >= 0.3 is 5.97 Å². The highest BCUT2D eigenvalue weighted by Crippen LogP contribution is 2.42. The SMILES string of the molecule is COc1cc([C@@H](CC=C(C)C)OC(C)=O)c(OC)c2c1C(=NO)C=CC2=NO. The van der Waals surface area contributed by atoms with E-state index < -0.39 is 12.1 Å². The lowest BCUT2D eigenvalue weighted by Crippen LogP contribution is -2.19. The van der Waals surface area contributed by atoms with Crippen molar-refractivity contribution in [2.45, 2.75) is 33.3 Å². The molecule has 0 amide bonds. The third kappa shape index (κ3) is 4.16. The molecule has 1 aromatic carbocycles. The van der Waals surface area contributed by atoms with Crippen molar-refractivity contribution >= 4 is 17.4 Å². The zero-order chi connectivity index (χ0) is 20.8. The van der Waals surface area contributed by atoms with E-state index >= 15 is 0 Å². The summed E-state index contributed by atoms with van der Waals surface area (Å²) in [5.41, 5.74) is 2.81. The lowest BCUT2D eigenvalue weighted by molar-refractivity contribution is -0.146. The number of oxime groups is 2. The Balaban J connectivity index is 2.82. The summed E-state index contributed by atoms with van der Waals surface area (Å²) < 4.78 is 16.6. The van der Waals surface area contributed by atoms with Gasteiger partial charge in [0.15, 0.2) is 0 Å². The molecule has 2 rings (SSSR count). The topological polar surface area (TPSA) is 110 Å². The van der Waals surface area contributed by atoms with Crippen molar-refractivity contribution in [2.24, 2.45) is 10.3 Å². The summed E-state index contributed by atoms with van der Waals surface area (Å²) in [4.78, 5) is 11.7. The first-order valence-corrected chi connectivity index (χ1v) is 8.60. The maximum atomic E-state index is 11.7. The van der Waals surface area contributed by atoms with Crippen LogP contribution in [0, 0.1) is 0 Å². The van der Waals surface area contributed by atoms with E-state index in [1.165, 1.54) is 33.3 Å². The molecule has 1 aliphatic carbocycles. The number of hydrogen-bond donors (Lipinski definition) is 2. The Kier molecular flexibility index (Phi) is 6.81. The number of nitrogens with zero attached hydrogens (tertiary/aromatic N) is 2. The minimum atomic E-state index is -0.651. The van der Waals surface area contributed by atoms with Crippen LogP contribution in [0.3, 0.4) is 0 Å². The Labute approximate surface area is 163 Å². The highest BCUT2D eigenvalue weighted by Gasteiger charge is 2.31. The van der Waals surface area contributed by atoms with Crippen LogP contribution in [-0.4, -0.2) is 42.0 Å². The van der Waals surface area contributed by atoms with Crippen LogP contribution in [0.1, 0.15) is 50.0 Å². The molecule has 0 unspecified atom stereocenters. The first-order valence-electron chi connectivity index (χ1n) is 8.60. The van der Waals surface area contributed by atoms with E-state index in [1.807, 2.05) is 19.9 Å². The van der Waals surface area contributed by atoms with E-state index in [2.05, 4.69) is 10.3 Å². The molecule has 0 bridgehead atoms. The molecule has 150 valence electrons. The number of esters is 1. The monoisotopic (exact) mass is 388 g/mol. The second-order valence-corrected chi connectivity index (χ2v) is 6.37. The number of methoxy groups -OCH3 is 2. The van der Waals surface area contributed by atoms with Crippen LogP contribution < -0.4 is 9.47 Å². The molecule has 1 aliphatic rings. The van der Waals surface area contributed by atoms with Crippen LogP contribution in [0.4, 0.5) is 0 Å². The first kappa shape index (κ1) is 21.0. The van der Waals surface area contributed by atoms with Crippen LogP contribution in [-0.2, 0) is 9.53 Å². The largest absolute Gasteiger partial charge is 0.496 e. The van der Waals surface area contributed by atoms with Crippen molar-refractivity contribution in [1.29, 1.82) is 0 Å². The first-order chi connectivity index (χ1) is 13.4. The number of fused-ring (bicyclic) bond motifs is 1. The zero-order valence-electron chi connectivity index (χ0n) is 16.5. The number of hydrogen-bond acceptors (Lipinski definition) is 8. The number of carbonyl (C=O) groups excluding carboxylic acids is 1. The molecular weight excluding hydrogens is 364 g/mol. The third-order valence-corrected chi connectivity index (χ3v) is 4.22. The molecule has 0 saturated carbocycles. The third-order valence-electron chi connectivity index (χ3n) is 4.22. The Morgan fingerprint density at radius 3 is 2.14 bits per heavy atom. The van der Waals surface area contributed by atoms with Crippen LogP contribution in [0.15, 0.2) is 40.2 Å². The molecule has 8 nitrogen and oxygen atoms in total. The average Bonchev–Trinajstić information content (AvgIpc) is 2.68. The highest BCUT2D eigenvalue weighted by molar-refractivity contribution is 6.27. The van der Waals surface area contributed by atoms with Crippen LogP contribution >= 0.6 is 0 Å². The van der Waals surface area contributed by atoms with E-state index in [9.17, 15) is 15.2 Å². The highest BCUT2D eigenvalue weighted by atomic mass is 16.5. The fraction of sp³-hybridized carbons (Fsp3) is 0.350. The van der Waals surface area contributed by atoms with Gasteiger partial charge in [0, 0.05) is 18.9 Å². The van der Waals surface area contributed by atoms with E-state index in [-0.39, 0.29) is 11.4 Å². The van der Waals surface area contributed by atoms with Gasteiger partial charge in [0.1, 0.15) is 29.0 Å². The molecule has 0 spiro atoms. The Bertz CT molecular complexity index is 879. The Hall–Kier alpha value is -3.29. The van der Waals surface area contributed by atoms with Crippen molar-refractivity contribution in [3.05, 3.63) is 46.6 Å². The van der Waals surface area contributed by atoms with Gasteiger partial charge in [-0.25, -0.2) is 0 Å². The van der Waals surface area contributed by atoms with E-state index in [0.717, 1.165) is 5.57 Å². The molecule has 1 atom stereocenters. The summed E-state index contributed by atoms with van der Waals surface area (Å²) in [5.74, 6) is 0.250. The molecule has 0 heterocycles. The predicted molar refractivity (Wildman–Crippen MR) is 104 cm³/mol. The molecule has 0 radical (unpaired) electrons. The van der Waals surface area contributed by atoms with Gasteiger partial charge in [-0.05, 0) is 32.1 Å². The van der Waals surface area contributed by atoms with E-state index in [0.29, 0.717) is 34.6 Å². The summed E-state index contributed by atoms with van der Waals surface area (Å²) in [6.07, 6.45) is 4.69. The quantitative estimate of drug-likeness (QED) is 0.333. The summed E-state index contributed by atoms with van der Waals surface area (Å²) >= 11 is 0. The van der Waals surface area contributed by atoms with Gasteiger partial charge in [0.25, 0.3) is 0 Å². The van der Waals surface area contributed by atoms with Crippen molar-refractivity contribution in [1.82, 2.24) is 0 Å². The maximum Gasteiger partial charge on any atom is 0.303 e. The van der Waals surface area contributed by atoms with E-state index in [1.54, 1.807) is 6.07 Å². The molecule has 0 fully saturated rings. The van der Waals surface area contributed by atoms with Crippen molar-refractivity contribution in [3.63, 3.8) is 0 Å². The minimum absolute atomic E-state index is 0.197. The average molecular weight is 388 g/mol. The smallest absolute Gasteiger partial charge is 0.303 e. The summed E-state index contributed by atoms with van der Waals surface area (Å²) in [5, 5.41) is 25.5. The fourth-order valence-electron chi connectivity index (χ4n) is 3.05. The molecule has 0 aromatic heterocycles. The molecule has 0 aliphatic heterocycles. The molecule has 8 heteroatoms. The number of ether oxygens (including phenoxy) is 3. The standard InChI is InChI=1S/C20H24N2O6/c1-11(2)6-9-16(28-12(3)23)13-10-17(26-4)18-14(21-24)7-8-15(22-25)19(18)20(13)27-5/h6-8,10,16,24-25H,9H2,1-5H3/t16-/m1/s1. The van der Waals surface area contributed by atoms with Gasteiger partial charge in [0.05, 0.1) is 25.3 Å². The lowest BCUT2D eigenvalue weighted by atomic mass is 9.88. The van der Waals surface area contributed by atoms with Crippen molar-refractivity contribution in [3.8, 4) is 11.5 Å². The number of rotatable bonds is 6. The summed E-state index contributed by atoms with van der Waals surface area (Å²) in [7, 11) is 2.92. The molecule has 0 saturated heterocycles. The Morgan fingerprint density at radius 2 is 1.68 bits per heavy atom. The number of carbonyl (C=O) groups is 1. The maximum absolute atomic E-state index is 11.7. The van der Waals surface area contributed by atoms with Crippen molar-refractivity contribution in [2.75, 3.05) is 14.2 Å². The van der Waals surface area contributed by atoms with Gasteiger partial charge in [-0.15, -0.1) is 0 Å². The molecule has 2 N–H and O–H groups in total. The lowest BCUT2D eigenvalue weighted by Gasteiger charge is -2.25. The van der Waals surface area contributed by atoms with Gasteiger partial charge < -0.3 is 24.6 Å². The van der Waals surface area contributed by atoms with Crippen molar-refractivity contribution < 1.29 is 29.4 Å². The number of allylic oxidation sites excluding steroid dienone is 3. The second kappa shape index (κ2) is 9.07. The van der Waals surface area contributed by atoms with Crippen LogP contribution in [0.25, 0.3) is 0 Å². The molecule has 28 heavy (non-hydrogen) atoms. The zero-order valence-corrected chi connectivity index (χ0v) is 16.5.